The van der Waals surface area contributed by atoms with Gasteiger partial charge in [-0.25, -0.2) is 9.18 Å². The SMILES string of the molecule is C=C(C)c1cc2c(N3CC4CCC(C3)N4C(=O)OC(C)(C)C)nc(F)nc2c(F)c1Br. The van der Waals surface area contributed by atoms with Gasteiger partial charge in [0.05, 0.1) is 16.6 Å². The molecular formula is C22H25BrF2N4O2. The molecule has 6 nitrogen and oxygen atoms in total. The summed E-state index contributed by atoms with van der Waals surface area (Å²) in [6.45, 7) is 12.1. The van der Waals surface area contributed by atoms with Crippen LogP contribution < -0.4 is 4.90 Å². The summed E-state index contributed by atoms with van der Waals surface area (Å²) in [7, 11) is 0. The molecule has 0 radical (unpaired) electrons. The van der Waals surface area contributed by atoms with Crippen molar-refractivity contribution in [2.24, 2.45) is 0 Å². The van der Waals surface area contributed by atoms with E-state index in [9.17, 15) is 9.18 Å². The first-order chi connectivity index (χ1) is 14.5. The summed E-state index contributed by atoms with van der Waals surface area (Å²) in [6, 6.07) is 1.58. The molecule has 4 rings (SSSR count). The van der Waals surface area contributed by atoms with Crippen LogP contribution in [0.25, 0.3) is 16.5 Å². The molecule has 3 heterocycles. The number of piperazine rings is 1. The highest BCUT2D eigenvalue weighted by atomic mass is 79.9. The molecule has 1 amide bonds. The topological polar surface area (TPSA) is 58.6 Å². The van der Waals surface area contributed by atoms with Gasteiger partial charge in [0.2, 0.25) is 0 Å². The average molecular weight is 495 g/mol. The molecule has 2 fully saturated rings. The highest BCUT2D eigenvalue weighted by Crippen LogP contribution is 2.38. The van der Waals surface area contributed by atoms with Gasteiger partial charge in [0.15, 0.2) is 5.82 Å². The lowest BCUT2D eigenvalue weighted by atomic mass is 10.0. The maximum Gasteiger partial charge on any atom is 0.410 e. The van der Waals surface area contributed by atoms with Crippen molar-refractivity contribution in [1.82, 2.24) is 14.9 Å². The van der Waals surface area contributed by atoms with Crippen LogP contribution in [0.3, 0.4) is 0 Å². The molecule has 0 spiro atoms. The summed E-state index contributed by atoms with van der Waals surface area (Å²) in [4.78, 5) is 24.2. The molecule has 2 atom stereocenters. The van der Waals surface area contributed by atoms with E-state index in [1.54, 1.807) is 17.9 Å². The van der Waals surface area contributed by atoms with Gasteiger partial charge in [-0.1, -0.05) is 6.58 Å². The second-order valence-electron chi connectivity index (χ2n) is 9.22. The minimum absolute atomic E-state index is 0.0809. The summed E-state index contributed by atoms with van der Waals surface area (Å²) in [5, 5.41) is 0.421. The molecule has 166 valence electrons. The molecule has 2 bridgehead atoms. The Morgan fingerprint density at radius 3 is 2.39 bits per heavy atom. The van der Waals surface area contributed by atoms with Crippen LogP contribution >= 0.6 is 15.9 Å². The number of benzene rings is 1. The number of halogens is 3. The molecule has 2 aliphatic heterocycles. The van der Waals surface area contributed by atoms with Crippen LogP contribution in [0.15, 0.2) is 17.1 Å². The molecule has 2 aliphatic rings. The summed E-state index contributed by atoms with van der Waals surface area (Å²) >= 11 is 3.23. The van der Waals surface area contributed by atoms with E-state index in [2.05, 4.69) is 32.5 Å². The summed E-state index contributed by atoms with van der Waals surface area (Å²) in [6.07, 6.45) is 0.322. The van der Waals surface area contributed by atoms with Crippen molar-refractivity contribution in [3.8, 4) is 0 Å². The average Bonchev–Trinajstić information content (AvgIpc) is 2.93. The first-order valence-electron chi connectivity index (χ1n) is 10.2. The molecule has 1 aromatic heterocycles. The Labute approximate surface area is 188 Å². The van der Waals surface area contributed by atoms with Crippen molar-refractivity contribution in [3.63, 3.8) is 0 Å². The number of rotatable bonds is 2. The van der Waals surface area contributed by atoms with Crippen molar-refractivity contribution in [3.05, 3.63) is 34.6 Å². The van der Waals surface area contributed by atoms with Gasteiger partial charge in [0.25, 0.3) is 0 Å². The molecule has 2 unspecified atom stereocenters. The minimum Gasteiger partial charge on any atom is -0.444 e. The third-order valence-corrected chi connectivity index (χ3v) is 6.45. The minimum atomic E-state index is -0.988. The van der Waals surface area contributed by atoms with Crippen molar-refractivity contribution in [1.29, 1.82) is 0 Å². The summed E-state index contributed by atoms with van der Waals surface area (Å²) in [5.74, 6) is -0.314. The maximum absolute atomic E-state index is 15.0. The first-order valence-corrected chi connectivity index (χ1v) is 11.0. The predicted molar refractivity (Wildman–Crippen MR) is 119 cm³/mol. The van der Waals surface area contributed by atoms with E-state index >= 15 is 4.39 Å². The number of anilines is 1. The Morgan fingerprint density at radius 2 is 1.84 bits per heavy atom. The van der Waals surface area contributed by atoms with E-state index in [0.717, 1.165) is 12.8 Å². The zero-order valence-corrected chi connectivity index (χ0v) is 19.6. The van der Waals surface area contributed by atoms with E-state index in [0.29, 0.717) is 35.4 Å². The largest absolute Gasteiger partial charge is 0.444 e. The second kappa shape index (κ2) is 7.69. The normalized spacial score (nSPS) is 21.0. The molecule has 0 aliphatic carbocycles. The number of carbonyl (C=O) groups excluding carboxylic acids is 1. The zero-order valence-electron chi connectivity index (χ0n) is 18.0. The van der Waals surface area contributed by atoms with Crippen LogP contribution in [0, 0.1) is 11.9 Å². The first kappa shape index (κ1) is 21.9. The number of aromatic nitrogens is 2. The number of carbonyl (C=O) groups is 1. The second-order valence-corrected chi connectivity index (χ2v) is 10.0. The Morgan fingerprint density at radius 1 is 1.23 bits per heavy atom. The number of hydrogen-bond acceptors (Lipinski definition) is 5. The zero-order chi connectivity index (χ0) is 22.7. The van der Waals surface area contributed by atoms with Crippen molar-refractivity contribution in [2.45, 2.75) is 58.2 Å². The number of nitrogens with zero attached hydrogens (tertiary/aromatic N) is 4. The van der Waals surface area contributed by atoms with E-state index in [1.807, 2.05) is 25.7 Å². The molecule has 31 heavy (non-hydrogen) atoms. The predicted octanol–water partition coefficient (Wildman–Crippen LogP) is 5.29. The third kappa shape index (κ3) is 4.00. The molecular weight excluding hydrogens is 470 g/mol. The van der Waals surface area contributed by atoms with E-state index < -0.39 is 17.5 Å². The van der Waals surface area contributed by atoms with Crippen LogP contribution in [0.4, 0.5) is 19.4 Å². The van der Waals surface area contributed by atoms with Crippen molar-refractivity contribution < 1.29 is 18.3 Å². The number of allylic oxidation sites excluding steroid dienone is 1. The fourth-order valence-corrected chi connectivity index (χ4v) is 5.04. The lowest BCUT2D eigenvalue weighted by Crippen LogP contribution is -2.57. The number of amides is 1. The monoisotopic (exact) mass is 494 g/mol. The van der Waals surface area contributed by atoms with Gasteiger partial charge in [0, 0.05) is 18.5 Å². The van der Waals surface area contributed by atoms with Gasteiger partial charge in [-0.2, -0.15) is 14.4 Å². The number of ether oxygens (including phenoxy) is 1. The van der Waals surface area contributed by atoms with Crippen LogP contribution in [-0.4, -0.2) is 51.7 Å². The van der Waals surface area contributed by atoms with E-state index in [4.69, 9.17) is 4.74 Å². The Balaban J connectivity index is 1.72. The van der Waals surface area contributed by atoms with Crippen LogP contribution in [0.2, 0.25) is 0 Å². The quantitative estimate of drug-likeness (QED) is 0.530. The highest BCUT2D eigenvalue weighted by Gasteiger charge is 2.45. The van der Waals surface area contributed by atoms with Crippen molar-refractivity contribution in [2.75, 3.05) is 18.0 Å². The van der Waals surface area contributed by atoms with Crippen molar-refractivity contribution >= 4 is 44.3 Å². The van der Waals surface area contributed by atoms with Gasteiger partial charge in [-0.3, -0.25) is 4.90 Å². The fourth-order valence-electron chi connectivity index (χ4n) is 4.40. The molecule has 0 N–H and O–H groups in total. The Bertz CT molecular complexity index is 1070. The molecule has 1 aromatic carbocycles. The van der Waals surface area contributed by atoms with E-state index in [1.165, 1.54) is 0 Å². The number of hydrogen-bond donors (Lipinski definition) is 0. The van der Waals surface area contributed by atoms with Crippen LogP contribution in [0.5, 0.6) is 0 Å². The fraction of sp³-hybridized carbons (Fsp3) is 0.500. The van der Waals surface area contributed by atoms with Gasteiger partial charge >= 0.3 is 12.2 Å². The van der Waals surface area contributed by atoms with Gasteiger partial charge in [-0.05, 0) is 73.7 Å². The molecule has 2 aromatic rings. The lowest BCUT2D eigenvalue weighted by Gasteiger charge is -2.42. The highest BCUT2D eigenvalue weighted by molar-refractivity contribution is 9.10. The van der Waals surface area contributed by atoms with Crippen LogP contribution in [0.1, 0.15) is 46.1 Å². The lowest BCUT2D eigenvalue weighted by molar-refractivity contribution is 0.0123. The molecule has 0 saturated carbocycles. The summed E-state index contributed by atoms with van der Waals surface area (Å²) in [5.41, 5.74) is 0.583. The van der Waals surface area contributed by atoms with Gasteiger partial charge < -0.3 is 9.64 Å². The Kier molecular flexibility index (Phi) is 5.44. The van der Waals surface area contributed by atoms with E-state index in [-0.39, 0.29) is 28.2 Å². The maximum atomic E-state index is 15.0. The summed E-state index contributed by atoms with van der Waals surface area (Å²) < 4.78 is 35.1. The number of fused-ring (bicyclic) bond motifs is 3. The standard InChI is InChI=1S/C22H25BrF2N4O2/c1-11(2)14-8-15-18(17(24)16(14)23)26-20(25)27-19(15)28-9-12-6-7-13(10-28)29(12)21(30)31-22(3,4)5/h8,12-13H,1,6-7,9-10H2,2-5H3. The molecule has 9 heteroatoms. The third-order valence-electron chi connectivity index (χ3n) is 5.67. The Hall–Kier alpha value is -2.29. The van der Waals surface area contributed by atoms with Gasteiger partial charge in [0.1, 0.15) is 16.9 Å². The smallest absolute Gasteiger partial charge is 0.410 e. The van der Waals surface area contributed by atoms with Gasteiger partial charge in [-0.15, -0.1) is 0 Å². The van der Waals surface area contributed by atoms with Crippen LogP contribution in [-0.2, 0) is 4.74 Å². The molecule has 2 saturated heterocycles.